The number of rotatable bonds is 8. The molecule has 0 bridgehead atoms. The molecule has 1 aromatic heterocycles. The number of aryl methyl sites for hydroxylation is 1. The number of amides is 2. The molecule has 1 saturated heterocycles. The first-order chi connectivity index (χ1) is 21.2. The molecule has 2 aromatic carbocycles. The molecule has 0 radical (unpaired) electrons. The predicted molar refractivity (Wildman–Crippen MR) is 170 cm³/mol. The van der Waals surface area contributed by atoms with Crippen molar-refractivity contribution in [3.8, 4) is 12.1 Å². The zero-order chi connectivity index (χ0) is 31.0. The molecule has 3 aliphatic rings. The van der Waals surface area contributed by atoms with Crippen molar-refractivity contribution < 1.29 is 14.3 Å². The van der Waals surface area contributed by atoms with E-state index in [1.165, 1.54) is 28.1 Å². The Labute approximate surface area is 258 Å². The van der Waals surface area contributed by atoms with Crippen LogP contribution in [0.15, 0.2) is 49.1 Å². The lowest BCUT2D eigenvalue weighted by molar-refractivity contribution is -0.129. The van der Waals surface area contributed by atoms with Crippen molar-refractivity contribution in [1.82, 2.24) is 19.8 Å². The standard InChI is InChI=1S/C34H39N7O3/c1-5-29(42)40-18-17-39(21-25(40)12-16-35)32-26-20-34(14-15-34)41(28-11-7-10-24-9-6-8-23(2)31(24)28)22-27(26)36-33(37-32)44-19-13-30(43)38(3)4/h5-11,25H,1,12-15,17-22H2,2-4H3/t25-/m0/s1. The van der Waals surface area contributed by atoms with Gasteiger partial charge in [-0.3, -0.25) is 9.59 Å². The van der Waals surface area contributed by atoms with Gasteiger partial charge in [-0.1, -0.05) is 36.9 Å². The lowest BCUT2D eigenvalue weighted by Gasteiger charge is -2.44. The lowest BCUT2D eigenvalue weighted by atomic mass is 9.92. The minimum atomic E-state index is -0.277. The topological polar surface area (TPSA) is 106 Å². The smallest absolute Gasteiger partial charge is 0.318 e. The van der Waals surface area contributed by atoms with Crippen LogP contribution in [0.25, 0.3) is 10.8 Å². The fourth-order valence-electron chi connectivity index (χ4n) is 6.73. The number of hydrogen-bond acceptors (Lipinski definition) is 8. The molecule has 2 aliphatic heterocycles. The summed E-state index contributed by atoms with van der Waals surface area (Å²) in [4.78, 5) is 42.7. The van der Waals surface area contributed by atoms with Gasteiger partial charge < -0.3 is 24.3 Å². The maximum Gasteiger partial charge on any atom is 0.318 e. The summed E-state index contributed by atoms with van der Waals surface area (Å²) in [7, 11) is 3.45. The highest BCUT2D eigenvalue weighted by Crippen LogP contribution is 2.53. The van der Waals surface area contributed by atoms with Crippen LogP contribution in [0, 0.1) is 18.3 Å². The van der Waals surface area contributed by atoms with E-state index in [0.29, 0.717) is 26.2 Å². The first kappa shape index (κ1) is 29.4. The molecule has 10 heteroatoms. The van der Waals surface area contributed by atoms with Crippen molar-refractivity contribution >= 4 is 34.1 Å². The minimum Gasteiger partial charge on any atom is -0.463 e. The van der Waals surface area contributed by atoms with Crippen LogP contribution in [0.1, 0.15) is 42.5 Å². The molecule has 3 aromatic rings. The van der Waals surface area contributed by atoms with Gasteiger partial charge >= 0.3 is 6.01 Å². The Morgan fingerprint density at radius 2 is 1.95 bits per heavy atom. The second kappa shape index (κ2) is 11.8. The Morgan fingerprint density at radius 3 is 2.66 bits per heavy atom. The van der Waals surface area contributed by atoms with E-state index in [1.54, 1.807) is 23.9 Å². The summed E-state index contributed by atoms with van der Waals surface area (Å²) in [5.74, 6) is 0.610. The third-order valence-corrected chi connectivity index (χ3v) is 9.26. The highest BCUT2D eigenvalue weighted by molar-refractivity contribution is 5.97. The number of ether oxygens (including phenoxy) is 1. The molecule has 3 heterocycles. The van der Waals surface area contributed by atoms with Gasteiger partial charge in [0.15, 0.2) is 0 Å². The van der Waals surface area contributed by atoms with Crippen molar-refractivity contribution in [2.75, 3.05) is 50.1 Å². The van der Waals surface area contributed by atoms with E-state index in [4.69, 9.17) is 14.7 Å². The molecule has 1 aliphatic carbocycles. The van der Waals surface area contributed by atoms with Crippen LogP contribution in [0.3, 0.4) is 0 Å². The highest BCUT2D eigenvalue weighted by Gasteiger charge is 2.52. The first-order valence-corrected chi connectivity index (χ1v) is 15.3. The maximum absolute atomic E-state index is 12.6. The number of fused-ring (bicyclic) bond motifs is 2. The predicted octanol–water partition coefficient (Wildman–Crippen LogP) is 4.01. The number of carbonyl (C=O) groups excluding carboxylic acids is 2. The van der Waals surface area contributed by atoms with Gasteiger partial charge in [0.25, 0.3) is 0 Å². The average molecular weight is 594 g/mol. The molecule has 0 unspecified atom stereocenters. The molecule has 2 fully saturated rings. The van der Waals surface area contributed by atoms with E-state index >= 15 is 0 Å². The lowest BCUT2D eigenvalue weighted by Crippen LogP contribution is -2.55. The Morgan fingerprint density at radius 1 is 1.18 bits per heavy atom. The van der Waals surface area contributed by atoms with Gasteiger partial charge in [0.1, 0.15) is 12.4 Å². The summed E-state index contributed by atoms with van der Waals surface area (Å²) in [5, 5.41) is 12.0. The third-order valence-electron chi connectivity index (χ3n) is 9.26. The summed E-state index contributed by atoms with van der Waals surface area (Å²) >= 11 is 0. The number of piperazine rings is 1. The number of nitriles is 1. The SMILES string of the molecule is C=CC(=O)N1CCN(c2nc(OCCC(=O)N(C)C)nc3c2CC2(CC2)N(c2cccc4cccc(C)c24)C3)C[C@@H]1CC#N. The summed E-state index contributed by atoms with van der Waals surface area (Å²) in [6.07, 6.45) is 4.72. The summed E-state index contributed by atoms with van der Waals surface area (Å²) < 4.78 is 6.03. The Balaban J connectivity index is 1.39. The van der Waals surface area contributed by atoms with Crippen molar-refractivity contribution in [3.63, 3.8) is 0 Å². The Kier molecular flexibility index (Phi) is 7.89. The second-order valence-corrected chi connectivity index (χ2v) is 12.3. The van der Waals surface area contributed by atoms with Crippen LogP contribution >= 0.6 is 0 Å². The van der Waals surface area contributed by atoms with Crippen molar-refractivity contribution in [3.05, 3.63) is 65.9 Å². The van der Waals surface area contributed by atoms with Crippen LogP contribution in [0.4, 0.5) is 11.5 Å². The van der Waals surface area contributed by atoms with Gasteiger partial charge in [-0.15, -0.1) is 0 Å². The highest BCUT2D eigenvalue weighted by atomic mass is 16.5. The molecule has 1 saturated carbocycles. The molecule has 1 atom stereocenters. The van der Waals surface area contributed by atoms with E-state index in [0.717, 1.165) is 36.3 Å². The third kappa shape index (κ3) is 5.43. The van der Waals surface area contributed by atoms with Gasteiger partial charge in [0.05, 0.1) is 37.2 Å². The van der Waals surface area contributed by atoms with Crippen molar-refractivity contribution in [1.29, 1.82) is 5.26 Å². The monoisotopic (exact) mass is 593 g/mol. The van der Waals surface area contributed by atoms with Gasteiger partial charge in [0, 0.05) is 62.3 Å². The summed E-state index contributed by atoms with van der Waals surface area (Å²) in [5.41, 5.74) is 4.45. The molecule has 10 nitrogen and oxygen atoms in total. The van der Waals surface area contributed by atoms with E-state index in [-0.39, 0.29) is 48.9 Å². The van der Waals surface area contributed by atoms with Crippen LogP contribution in [-0.2, 0) is 22.6 Å². The maximum atomic E-state index is 12.6. The Bertz CT molecular complexity index is 1650. The molecular formula is C34H39N7O3. The van der Waals surface area contributed by atoms with E-state index in [1.807, 2.05) is 0 Å². The van der Waals surface area contributed by atoms with Crippen molar-refractivity contribution in [2.45, 2.75) is 57.2 Å². The fourth-order valence-corrected chi connectivity index (χ4v) is 6.73. The summed E-state index contributed by atoms with van der Waals surface area (Å²) in [6.45, 7) is 8.12. The van der Waals surface area contributed by atoms with Crippen LogP contribution in [0.5, 0.6) is 6.01 Å². The number of carbonyl (C=O) groups is 2. The zero-order valence-corrected chi connectivity index (χ0v) is 25.8. The second-order valence-electron chi connectivity index (χ2n) is 12.3. The quantitative estimate of drug-likeness (QED) is 0.361. The first-order valence-electron chi connectivity index (χ1n) is 15.3. The zero-order valence-electron chi connectivity index (χ0n) is 25.8. The minimum absolute atomic E-state index is 0.0190. The number of nitrogens with zero attached hydrogens (tertiary/aromatic N) is 7. The number of anilines is 2. The normalized spacial score (nSPS) is 18.5. The van der Waals surface area contributed by atoms with Gasteiger partial charge in [-0.2, -0.15) is 15.2 Å². The fraction of sp³-hybridized carbons (Fsp3) is 0.441. The van der Waals surface area contributed by atoms with E-state index in [9.17, 15) is 14.9 Å². The number of hydrogen-bond donors (Lipinski definition) is 0. The van der Waals surface area contributed by atoms with Gasteiger partial charge in [-0.05, 0) is 42.9 Å². The molecule has 0 N–H and O–H groups in total. The number of aromatic nitrogens is 2. The van der Waals surface area contributed by atoms with E-state index in [2.05, 4.69) is 65.8 Å². The van der Waals surface area contributed by atoms with Crippen LogP contribution < -0.4 is 14.5 Å². The van der Waals surface area contributed by atoms with Crippen LogP contribution in [-0.4, -0.2) is 83.5 Å². The molecule has 1 spiro atoms. The van der Waals surface area contributed by atoms with E-state index < -0.39 is 0 Å². The Hall–Kier alpha value is -4.65. The molecule has 228 valence electrons. The average Bonchev–Trinajstić information content (AvgIpc) is 3.79. The number of benzene rings is 2. The van der Waals surface area contributed by atoms with Gasteiger partial charge in [0.2, 0.25) is 11.8 Å². The van der Waals surface area contributed by atoms with Crippen LogP contribution in [0.2, 0.25) is 0 Å². The van der Waals surface area contributed by atoms with Crippen molar-refractivity contribution in [2.24, 2.45) is 0 Å². The summed E-state index contributed by atoms with van der Waals surface area (Å²) in [6, 6.07) is 15.2. The molecule has 44 heavy (non-hydrogen) atoms. The molecule has 6 rings (SSSR count). The largest absolute Gasteiger partial charge is 0.463 e. The van der Waals surface area contributed by atoms with Gasteiger partial charge in [-0.25, -0.2) is 0 Å². The molecular weight excluding hydrogens is 554 g/mol. The molecule has 2 amide bonds.